The SMILES string of the molecule is CCc1ccc(NC(=O)c2cc(Oc3ccc(SOOC)cc3)c3cc(C)oc3c2)nc1. The summed E-state index contributed by atoms with van der Waals surface area (Å²) < 4.78 is 16.7. The highest BCUT2D eigenvalue weighted by Crippen LogP contribution is 2.34. The number of pyridine rings is 1. The first-order chi connectivity index (χ1) is 15.6. The molecular formula is C24H22N2O5S. The fraction of sp³-hybridized carbons (Fsp3) is 0.167. The third-order valence-electron chi connectivity index (χ3n) is 4.71. The zero-order valence-electron chi connectivity index (χ0n) is 17.9. The molecule has 164 valence electrons. The van der Waals surface area contributed by atoms with E-state index in [9.17, 15) is 4.79 Å². The van der Waals surface area contributed by atoms with Crippen LogP contribution in [0.4, 0.5) is 5.82 Å². The number of hydrogen-bond acceptors (Lipinski definition) is 7. The lowest BCUT2D eigenvalue weighted by Gasteiger charge is -2.10. The van der Waals surface area contributed by atoms with Crippen molar-refractivity contribution in [3.8, 4) is 11.5 Å². The number of fused-ring (bicyclic) bond motifs is 1. The highest BCUT2D eigenvalue weighted by atomic mass is 32.2. The number of aryl methyl sites for hydroxylation is 2. The zero-order valence-corrected chi connectivity index (χ0v) is 18.7. The lowest BCUT2D eigenvalue weighted by atomic mass is 10.1. The minimum Gasteiger partial charge on any atom is -0.461 e. The maximum absolute atomic E-state index is 12.9. The van der Waals surface area contributed by atoms with Gasteiger partial charge in [-0.1, -0.05) is 13.0 Å². The molecule has 0 spiro atoms. The molecular weight excluding hydrogens is 428 g/mol. The van der Waals surface area contributed by atoms with Gasteiger partial charge >= 0.3 is 0 Å². The monoisotopic (exact) mass is 450 g/mol. The highest BCUT2D eigenvalue weighted by Gasteiger charge is 2.16. The van der Waals surface area contributed by atoms with Crippen LogP contribution in [-0.2, 0) is 15.6 Å². The molecule has 0 radical (unpaired) electrons. The predicted molar refractivity (Wildman–Crippen MR) is 123 cm³/mol. The third kappa shape index (κ3) is 5.11. The molecule has 0 bridgehead atoms. The van der Waals surface area contributed by atoms with E-state index in [1.165, 1.54) is 7.11 Å². The molecule has 8 heteroatoms. The fourth-order valence-corrected chi connectivity index (χ4v) is 3.50. The predicted octanol–water partition coefficient (Wildman–Crippen LogP) is 6.33. The van der Waals surface area contributed by atoms with Crippen molar-refractivity contribution in [3.05, 3.63) is 77.7 Å². The van der Waals surface area contributed by atoms with Crippen LogP contribution in [0.3, 0.4) is 0 Å². The number of carbonyl (C=O) groups is 1. The summed E-state index contributed by atoms with van der Waals surface area (Å²) in [7, 11) is 1.45. The first kappa shape index (κ1) is 21.9. The Morgan fingerprint density at radius 1 is 1.12 bits per heavy atom. The lowest BCUT2D eigenvalue weighted by Crippen LogP contribution is -2.13. The van der Waals surface area contributed by atoms with Crippen LogP contribution in [-0.4, -0.2) is 18.0 Å². The minimum absolute atomic E-state index is 0.300. The molecule has 0 aliphatic heterocycles. The van der Waals surface area contributed by atoms with Gasteiger partial charge < -0.3 is 14.5 Å². The number of nitrogens with one attached hydrogen (secondary N) is 1. The van der Waals surface area contributed by atoms with Crippen LogP contribution in [0.1, 0.15) is 28.6 Å². The average molecular weight is 451 g/mol. The summed E-state index contributed by atoms with van der Waals surface area (Å²) in [6, 6.07) is 16.3. The second-order valence-electron chi connectivity index (χ2n) is 6.99. The van der Waals surface area contributed by atoms with E-state index in [-0.39, 0.29) is 5.91 Å². The summed E-state index contributed by atoms with van der Waals surface area (Å²) in [6.45, 7) is 3.90. The van der Waals surface area contributed by atoms with Gasteiger partial charge in [0.15, 0.2) is 0 Å². The van der Waals surface area contributed by atoms with Crippen LogP contribution in [0.5, 0.6) is 11.5 Å². The maximum Gasteiger partial charge on any atom is 0.257 e. The number of carbonyl (C=O) groups excluding carboxylic acids is 1. The fourth-order valence-electron chi connectivity index (χ4n) is 3.11. The van der Waals surface area contributed by atoms with Gasteiger partial charge in [0.1, 0.15) is 28.7 Å². The molecule has 0 fully saturated rings. The topological polar surface area (TPSA) is 82.8 Å². The molecule has 4 rings (SSSR count). The summed E-state index contributed by atoms with van der Waals surface area (Å²) in [6.07, 6.45) is 2.64. The molecule has 1 amide bonds. The Kier molecular flexibility index (Phi) is 6.75. The first-order valence-electron chi connectivity index (χ1n) is 10.0. The number of rotatable bonds is 8. The minimum atomic E-state index is -0.300. The zero-order chi connectivity index (χ0) is 22.5. The van der Waals surface area contributed by atoms with Gasteiger partial charge in [-0.15, -0.1) is 0 Å². The van der Waals surface area contributed by atoms with Crippen LogP contribution in [0.2, 0.25) is 0 Å². The van der Waals surface area contributed by atoms with Crippen LogP contribution < -0.4 is 10.1 Å². The summed E-state index contributed by atoms with van der Waals surface area (Å²) in [5.41, 5.74) is 2.08. The highest BCUT2D eigenvalue weighted by molar-refractivity contribution is 7.94. The number of benzene rings is 2. The Hall–Kier alpha value is -3.33. The molecule has 2 aromatic carbocycles. The van der Waals surface area contributed by atoms with E-state index in [2.05, 4.69) is 22.1 Å². The standard InChI is InChI=1S/C24H22N2O5S/c1-4-16-5-10-23(25-14-16)26-24(27)17-12-21-20(11-15(2)29-21)22(13-17)30-18-6-8-19(9-7-18)32-31-28-3/h5-14H,4H2,1-3H3,(H,25,26,27). The Labute approximate surface area is 189 Å². The van der Waals surface area contributed by atoms with E-state index in [1.54, 1.807) is 24.4 Å². The number of aromatic nitrogens is 1. The van der Waals surface area contributed by atoms with Gasteiger partial charge in [0.25, 0.3) is 5.91 Å². The second kappa shape index (κ2) is 9.86. The van der Waals surface area contributed by atoms with E-state index >= 15 is 0 Å². The Balaban J connectivity index is 1.59. The Morgan fingerprint density at radius 2 is 1.94 bits per heavy atom. The first-order valence-corrected chi connectivity index (χ1v) is 10.8. The van der Waals surface area contributed by atoms with Crippen LogP contribution in [0, 0.1) is 6.92 Å². The van der Waals surface area contributed by atoms with E-state index in [4.69, 9.17) is 13.5 Å². The number of hydrogen-bond donors (Lipinski definition) is 1. The lowest BCUT2D eigenvalue weighted by molar-refractivity contribution is -0.160. The molecule has 32 heavy (non-hydrogen) atoms. The number of anilines is 1. The number of nitrogens with zero attached hydrogens (tertiary/aromatic N) is 1. The Morgan fingerprint density at radius 3 is 2.62 bits per heavy atom. The van der Waals surface area contributed by atoms with Crippen molar-refractivity contribution in [3.63, 3.8) is 0 Å². The molecule has 0 unspecified atom stereocenters. The molecule has 0 saturated heterocycles. The molecule has 4 aromatic rings. The molecule has 0 aliphatic rings. The molecule has 1 N–H and O–H groups in total. The average Bonchev–Trinajstić information content (AvgIpc) is 3.19. The van der Waals surface area contributed by atoms with Crippen molar-refractivity contribution < 1.29 is 23.2 Å². The van der Waals surface area contributed by atoms with Crippen molar-refractivity contribution in [2.45, 2.75) is 25.2 Å². The van der Waals surface area contributed by atoms with Crippen LogP contribution in [0.25, 0.3) is 11.0 Å². The molecule has 0 atom stereocenters. The van der Waals surface area contributed by atoms with Gasteiger partial charge in [-0.25, -0.2) is 9.87 Å². The van der Waals surface area contributed by atoms with E-state index in [1.807, 2.05) is 43.3 Å². The molecule has 7 nitrogen and oxygen atoms in total. The van der Waals surface area contributed by atoms with Crippen molar-refractivity contribution in [2.75, 3.05) is 12.4 Å². The van der Waals surface area contributed by atoms with Crippen LogP contribution in [0.15, 0.2) is 70.1 Å². The third-order valence-corrected chi connectivity index (χ3v) is 5.38. The summed E-state index contributed by atoms with van der Waals surface area (Å²) in [5.74, 6) is 2.04. The maximum atomic E-state index is 12.9. The van der Waals surface area contributed by atoms with Gasteiger partial charge in [0.05, 0.1) is 24.5 Å². The molecule has 0 saturated carbocycles. The second-order valence-corrected chi connectivity index (χ2v) is 7.77. The molecule has 2 aromatic heterocycles. The largest absolute Gasteiger partial charge is 0.461 e. The van der Waals surface area contributed by atoms with E-state index in [0.29, 0.717) is 28.5 Å². The normalized spacial score (nSPS) is 11.0. The van der Waals surface area contributed by atoms with Crippen molar-refractivity contribution in [2.24, 2.45) is 0 Å². The number of ether oxygens (including phenoxy) is 1. The smallest absolute Gasteiger partial charge is 0.257 e. The van der Waals surface area contributed by atoms with Gasteiger partial charge in [-0.2, -0.15) is 4.33 Å². The van der Waals surface area contributed by atoms with Gasteiger partial charge in [0.2, 0.25) is 0 Å². The molecule has 2 heterocycles. The van der Waals surface area contributed by atoms with Gasteiger partial charge in [-0.05, 0) is 67.4 Å². The van der Waals surface area contributed by atoms with Gasteiger partial charge in [0, 0.05) is 16.7 Å². The summed E-state index contributed by atoms with van der Waals surface area (Å²) in [5, 5.41) is 3.61. The quantitative estimate of drug-likeness (QED) is 0.191. The van der Waals surface area contributed by atoms with Crippen LogP contribution >= 0.6 is 12.0 Å². The summed E-state index contributed by atoms with van der Waals surface area (Å²) in [4.78, 5) is 22.6. The van der Waals surface area contributed by atoms with E-state index < -0.39 is 0 Å². The number of furan rings is 1. The van der Waals surface area contributed by atoms with Crippen molar-refractivity contribution in [1.82, 2.24) is 4.98 Å². The van der Waals surface area contributed by atoms with Crippen molar-refractivity contribution in [1.29, 1.82) is 0 Å². The molecule has 0 aliphatic carbocycles. The van der Waals surface area contributed by atoms with E-state index in [0.717, 1.165) is 40.1 Å². The summed E-state index contributed by atoms with van der Waals surface area (Å²) >= 11 is 1.10. The van der Waals surface area contributed by atoms with Crippen molar-refractivity contribution >= 4 is 34.7 Å². The van der Waals surface area contributed by atoms with Gasteiger partial charge in [-0.3, -0.25) is 4.79 Å². The number of amides is 1. The Bertz CT molecular complexity index is 1220.